The number of carbonyl (C=O) groups excluding carboxylic acids is 3. The van der Waals surface area contributed by atoms with Gasteiger partial charge >= 0.3 is 6.18 Å². The third-order valence-electron chi connectivity index (χ3n) is 4.11. The van der Waals surface area contributed by atoms with E-state index < -0.39 is 23.6 Å². The van der Waals surface area contributed by atoms with E-state index in [-0.39, 0.29) is 31.0 Å². The summed E-state index contributed by atoms with van der Waals surface area (Å²) in [5, 5.41) is 5.01. The van der Waals surface area contributed by atoms with Crippen molar-refractivity contribution in [1.82, 2.24) is 0 Å². The van der Waals surface area contributed by atoms with Crippen LogP contribution in [0.2, 0.25) is 0 Å². The molecule has 3 rings (SSSR count). The number of carbonyl (C=O) groups is 3. The van der Waals surface area contributed by atoms with Crippen molar-refractivity contribution in [2.75, 3.05) is 22.1 Å². The second kappa shape index (κ2) is 7.71. The monoisotopic (exact) mass is 391 g/mol. The summed E-state index contributed by atoms with van der Waals surface area (Å²) >= 11 is 0. The number of halogens is 3. The van der Waals surface area contributed by atoms with Gasteiger partial charge in [0.15, 0.2) is 0 Å². The second-order valence-electron chi connectivity index (χ2n) is 6.17. The first-order valence-electron chi connectivity index (χ1n) is 8.40. The summed E-state index contributed by atoms with van der Waals surface area (Å²) in [6, 6.07) is 11.0. The molecule has 0 saturated heterocycles. The number of anilines is 3. The maximum atomic E-state index is 12.7. The lowest BCUT2D eigenvalue weighted by molar-refractivity contribution is -0.137. The van der Waals surface area contributed by atoms with Gasteiger partial charge in [0.05, 0.1) is 16.9 Å². The minimum Gasteiger partial charge on any atom is -0.326 e. The molecule has 3 amide bonds. The summed E-state index contributed by atoms with van der Waals surface area (Å²) in [5.41, 5.74) is 0.151. The van der Waals surface area contributed by atoms with Gasteiger partial charge in [-0.2, -0.15) is 13.2 Å². The van der Waals surface area contributed by atoms with Gasteiger partial charge in [-0.3, -0.25) is 14.4 Å². The molecule has 6 nitrogen and oxygen atoms in total. The Balaban J connectivity index is 1.61. The molecule has 1 heterocycles. The molecule has 0 aliphatic carbocycles. The fourth-order valence-electron chi connectivity index (χ4n) is 2.81. The number of hydrogen-bond acceptors (Lipinski definition) is 3. The molecule has 0 aromatic heterocycles. The van der Waals surface area contributed by atoms with Crippen LogP contribution in [0.4, 0.5) is 30.2 Å². The summed E-state index contributed by atoms with van der Waals surface area (Å²) in [6.07, 6.45) is -4.93. The van der Waals surface area contributed by atoms with Crippen LogP contribution >= 0.6 is 0 Å². The van der Waals surface area contributed by atoms with E-state index in [0.29, 0.717) is 11.4 Å². The van der Waals surface area contributed by atoms with Crippen LogP contribution in [0.15, 0.2) is 48.5 Å². The molecule has 0 radical (unpaired) electrons. The number of fused-ring (bicyclic) bond motifs is 1. The molecule has 0 bridgehead atoms. The van der Waals surface area contributed by atoms with E-state index >= 15 is 0 Å². The van der Waals surface area contributed by atoms with E-state index in [4.69, 9.17) is 0 Å². The number of rotatable bonds is 4. The van der Waals surface area contributed by atoms with Gasteiger partial charge in [0, 0.05) is 18.5 Å². The lowest BCUT2D eigenvalue weighted by Crippen LogP contribution is -2.42. The molecule has 0 spiro atoms. The van der Waals surface area contributed by atoms with Gasteiger partial charge in [0.2, 0.25) is 17.7 Å². The molecule has 1 aliphatic heterocycles. The van der Waals surface area contributed by atoms with E-state index in [1.165, 1.54) is 17.0 Å². The third-order valence-corrected chi connectivity index (χ3v) is 4.11. The Morgan fingerprint density at radius 3 is 2.57 bits per heavy atom. The predicted molar refractivity (Wildman–Crippen MR) is 96.7 cm³/mol. The quantitative estimate of drug-likeness (QED) is 0.839. The highest BCUT2D eigenvalue weighted by Crippen LogP contribution is 2.31. The summed E-state index contributed by atoms with van der Waals surface area (Å²) in [6.45, 7) is -0.162. The normalized spacial score (nSPS) is 13.5. The Morgan fingerprint density at radius 2 is 1.82 bits per heavy atom. The molecule has 0 fully saturated rings. The average Bonchev–Trinajstić information content (AvgIpc) is 2.65. The fourth-order valence-corrected chi connectivity index (χ4v) is 2.81. The average molecular weight is 391 g/mol. The highest BCUT2D eigenvalue weighted by molar-refractivity contribution is 6.10. The number of hydrogen-bond donors (Lipinski definition) is 2. The van der Waals surface area contributed by atoms with Crippen LogP contribution in [0.25, 0.3) is 0 Å². The number of amides is 3. The standard InChI is InChI=1S/C19H16F3N3O3/c20-19(21,22)12-4-3-5-13(10-12)23-16(26)8-9-18(28)25-11-17(27)24-14-6-1-2-7-15(14)25/h1-7,10H,8-9,11H2,(H,23,26)(H,24,27). The minimum atomic E-state index is -4.51. The van der Waals surface area contributed by atoms with Crippen molar-refractivity contribution in [2.45, 2.75) is 19.0 Å². The van der Waals surface area contributed by atoms with Crippen LogP contribution in [0, 0.1) is 0 Å². The van der Waals surface area contributed by atoms with Gasteiger partial charge in [-0.05, 0) is 30.3 Å². The third kappa shape index (κ3) is 4.48. The number of nitrogens with zero attached hydrogens (tertiary/aromatic N) is 1. The van der Waals surface area contributed by atoms with Crippen molar-refractivity contribution in [2.24, 2.45) is 0 Å². The molecular weight excluding hydrogens is 375 g/mol. The van der Waals surface area contributed by atoms with Gasteiger partial charge in [0.1, 0.15) is 6.54 Å². The van der Waals surface area contributed by atoms with Crippen LogP contribution in [-0.4, -0.2) is 24.3 Å². The number of para-hydroxylation sites is 2. The zero-order chi connectivity index (χ0) is 20.3. The Morgan fingerprint density at radius 1 is 1.07 bits per heavy atom. The van der Waals surface area contributed by atoms with Crippen molar-refractivity contribution >= 4 is 34.8 Å². The molecule has 2 aromatic rings. The van der Waals surface area contributed by atoms with Crippen molar-refractivity contribution in [3.8, 4) is 0 Å². The van der Waals surface area contributed by atoms with E-state index in [0.717, 1.165) is 12.1 Å². The predicted octanol–water partition coefficient (Wildman–Crippen LogP) is 3.41. The number of nitrogens with one attached hydrogen (secondary N) is 2. The van der Waals surface area contributed by atoms with Crippen molar-refractivity contribution in [3.05, 3.63) is 54.1 Å². The molecular formula is C19H16F3N3O3. The SMILES string of the molecule is O=C(CCC(=O)N1CC(=O)Nc2ccccc21)Nc1cccc(C(F)(F)F)c1. The van der Waals surface area contributed by atoms with Crippen LogP contribution < -0.4 is 15.5 Å². The molecule has 146 valence electrons. The van der Waals surface area contributed by atoms with Crippen LogP contribution in [-0.2, 0) is 20.6 Å². The van der Waals surface area contributed by atoms with Gasteiger partial charge < -0.3 is 15.5 Å². The second-order valence-corrected chi connectivity index (χ2v) is 6.17. The highest BCUT2D eigenvalue weighted by Gasteiger charge is 2.30. The van der Waals surface area contributed by atoms with E-state index in [2.05, 4.69) is 10.6 Å². The minimum absolute atomic E-state index is 0.00466. The zero-order valence-electron chi connectivity index (χ0n) is 14.5. The zero-order valence-corrected chi connectivity index (χ0v) is 14.5. The van der Waals surface area contributed by atoms with Gasteiger partial charge in [-0.1, -0.05) is 18.2 Å². The van der Waals surface area contributed by atoms with Gasteiger partial charge in [-0.25, -0.2) is 0 Å². The van der Waals surface area contributed by atoms with Crippen LogP contribution in [0.5, 0.6) is 0 Å². The Hall–Kier alpha value is -3.36. The maximum Gasteiger partial charge on any atom is 0.416 e. The molecule has 0 atom stereocenters. The van der Waals surface area contributed by atoms with E-state index in [9.17, 15) is 27.6 Å². The molecule has 28 heavy (non-hydrogen) atoms. The summed E-state index contributed by atoms with van der Waals surface area (Å²) in [7, 11) is 0. The van der Waals surface area contributed by atoms with Gasteiger partial charge in [0.25, 0.3) is 0 Å². The first-order chi connectivity index (χ1) is 13.2. The van der Waals surface area contributed by atoms with Crippen LogP contribution in [0.3, 0.4) is 0 Å². The highest BCUT2D eigenvalue weighted by atomic mass is 19.4. The largest absolute Gasteiger partial charge is 0.416 e. The van der Waals surface area contributed by atoms with Crippen molar-refractivity contribution in [3.63, 3.8) is 0 Å². The molecule has 0 unspecified atom stereocenters. The molecule has 1 aliphatic rings. The summed E-state index contributed by atoms with van der Waals surface area (Å²) < 4.78 is 38.2. The Bertz CT molecular complexity index is 928. The maximum absolute atomic E-state index is 12.7. The van der Waals surface area contributed by atoms with Crippen molar-refractivity contribution < 1.29 is 27.6 Å². The molecule has 2 N–H and O–H groups in total. The fraction of sp³-hybridized carbons (Fsp3) is 0.211. The first-order valence-corrected chi connectivity index (χ1v) is 8.40. The number of alkyl halides is 3. The lowest BCUT2D eigenvalue weighted by atomic mass is 10.1. The Kier molecular flexibility index (Phi) is 5.34. The Labute approximate surface area is 158 Å². The summed E-state index contributed by atoms with van der Waals surface area (Å²) in [4.78, 5) is 37.5. The molecule has 9 heteroatoms. The van der Waals surface area contributed by atoms with E-state index in [1.807, 2.05) is 0 Å². The molecule has 2 aromatic carbocycles. The lowest BCUT2D eigenvalue weighted by Gasteiger charge is -2.29. The smallest absolute Gasteiger partial charge is 0.326 e. The van der Waals surface area contributed by atoms with Gasteiger partial charge in [-0.15, -0.1) is 0 Å². The topological polar surface area (TPSA) is 78.5 Å². The summed E-state index contributed by atoms with van der Waals surface area (Å²) in [5.74, 6) is -1.37. The van der Waals surface area contributed by atoms with E-state index in [1.54, 1.807) is 24.3 Å². The molecule has 0 saturated carbocycles. The van der Waals surface area contributed by atoms with Crippen molar-refractivity contribution in [1.29, 1.82) is 0 Å². The van der Waals surface area contributed by atoms with Crippen LogP contribution in [0.1, 0.15) is 18.4 Å². The number of benzene rings is 2. The first kappa shape index (κ1) is 19.4.